The smallest absolute Gasteiger partial charge is 0.282 e. The number of halogens is 3. The quantitative estimate of drug-likeness (QED) is 0.327. The largest absolute Gasteiger partial charge is 0.296 e. The lowest BCUT2D eigenvalue weighted by Crippen LogP contribution is -2.30. The molecule has 0 fully saturated rings. The standard InChI is InChI=1S/C16H11Cl3N4O7S2/c1-7-14(21-20-8-2-4-9(5-3-8)31(25,26)27)16(24)23(22-7)15-12(18)10(17)6-11(13(15)19)32(28,29)30/h2-6,14H,1H3,(H,25,26,27)(H,28,29,30). The molecule has 0 aromatic heterocycles. The monoisotopic (exact) mass is 540 g/mol. The summed E-state index contributed by atoms with van der Waals surface area (Å²) in [6, 6.07) is 4.27. The highest BCUT2D eigenvalue weighted by atomic mass is 35.5. The number of rotatable bonds is 5. The summed E-state index contributed by atoms with van der Waals surface area (Å²) in [7, 11) is -9.17. The number of carbonyl (C=O) groups excluding carboxylic acids is 1. The second-order valence-corrected chi connectivity index (χ2v) is 10.3. The van der Waals surface area contributed by atoms with Crippen LogP contribution >= 0.6 is 34.8 Å². The van der Waals surface area contributed by atoms with Gasteiger partial charge in [0.2, 0.25) is 0 Å². The van der Waals surface area contributed by atoms with Crippen molar-refractivity contribution in [3.05, 3.63) is 45.4 Å². The van der Waals surface area contributed by atoms with Gasteiger partial charge in [-0.25, -0.2) is 0 Å². The van der Waals surface area contributed by atoms with Crippen LogP contribution in [-0.2, 0) is 25.0 Å². The molecule has 2 aromatic carbocycles. The summed E-state index contributed by atoms with van der Waals surface area (Å²) in [5.41, 5.74) is -0.0502. The predicted octanol–water partition coefficient (Wildman–Crippen LogP) is 4.02. The first-order chi connectivity index (χ1) is 14.7. The number of nitrogens with zero attached hydrogens (tertiary/aromatic N) is 4. The van der Waals surface area contributed by atoms with Gasteiger partial charge in [-0.1, -0.05) is 34.8 Å². The number of anilines is 1. The van der Waals surface area contributed by atoms with Crippen molar-refractivity contribution < 1.29 is 30.7 Å². The minimum atomic E-state index is -4.79. The van der Waals surface area contributed by atoms with Gasteiger partial charge in [0.25, 0.3) is 26.1 Å². The summed E-state index contributed by atoms with van der Waals surface area (Å²) in [5, 5.41) is 11.3. The van der Waals surface area contributed by atoms with Crippen LogP contribution in [0, 0.1) is 0 Å². The summed E-state index contributed by atoms with van der Waals surface area (Å²) >= 11 is 18.1. The van der Waals surface area contributed by atoms with Crippen LogP contribution in [0.3, 0.4) is 0 Å². The maximum atomic E-state index is 12.9. The molecule has 16 heteroatoms. The lowest BCUT2D eigenvalue weighted by molar-refractivity contribution is -0.117. The van der Waals surface area contributed by atoms with E-state index in [4.69, 9.17) is 39.4 Å². The molecular formula is C16H11Cl3N4O7S2. The second-order valence-electron chi connectivity index (χ2n) is 6.29. The van der Waals surface area contributed by atoms with E-state index in [2.05, 4.69) is 15.3 Å². The van der Waals surface area contributed by atoms with Gasteiger partial charge in [0.1, 0.15) is 10.6 Å². The molecule has 0 bridgehead atoms. The normalized spacial score (nSPS) is 17.3. The van der Waals surface area contributed by atoms with Crippen LogP contribution in [0.25, 0.3) is 0 Å². The Morgan fingerprint density at radius 2 is 1.59 bits per heavy atom. The van der Waals surface area contributed by atoms with Crippen LogP contribution < -0.4 is 5.01 Å². The third-order valence-corrected chi connectivity index (χ3v) is 7.13. The molecule has 32 heavy (non-hydrogen) atoms. The highest BCUT2D eigenvalue weighted by Crippen LogP contribution is 2.44. The zero-order valence-electron chi connectivity index (χ0n) is 15.6. The summed E-state index contributed by atoms with van der Waals surface area (Å²) in [4.78, 5) is 11.8. The third-order valence-electron chi connectivity index (χ3n) is 4.11. The van der Waals surface area contributed by atoms with E-state index < -0.39 is 42.1 Å². The van der Waals surface area contributed by atoms with Gasteiger partial charge in [-0.15, -0.1) is 0 Å². The van der Waals surface area contributed by atoms with Gasteiger partial charge in [-0.05, 0) is 37.3 Å². The van der Waals surface area contributed by atoms with Crippen LogP contribution in [0.4, 0.5) is 11.4 Å². The van der Waals surface area contributed by atoms with Gasteiger partial charge in [0, 0.05) is 0 Å². The Hall–Kier alpha value is -2.13. The van der Waals surface area contributed by atoms with E-state index in [0.29, 0.717) is 5.01 Å². The fourth-order valence-electron chi connectivity index (χ4n) is 2.60. The lowest BCUT2D eigenvalue weighted by Gasteiger charge is -2.18. The zero-order valence-corrected chi connectivity index (χ0v) is 19.5. The van der Waals surface area contributed by atoms with Crippen LogP contribution in [0.15, 0.2) is 55.5 Å². The number of hydrogen-bond acceptors (Lipinski definition) is 8. The van der Waals surface area contributed by atoms with Crippen molar-refractivity contribution in [1.29, 1.82) is 0 Å². The van der Waals surface area contributed by atoms with E-state index in [-0.39, 0.29) is 32.0 Å². The van der Waals surface area contributed by atoms with Crippen molar-refractivity contribution >= 4 is 78.0 Å². The van der Waals surface area contributed by atoms with E-state index in [1.54, 1.807) is 0 Å². The molecule has 0 saturated carbocycles. The highest BCUT2D eigenvalue weighted by Gasteiger charge is 2.38. The minimum Gasteiger partial charge on any atom is -0.282 e. The second kappa shape index (κ2) is 8.67. The summed E-state index contributed by atoms with van der Waals surface area (Å²) in [5.74, 6) is -0.798. The summed E-state index contributed by atoms with van der Waals surface area (Å²) in [6.07, 6.45) is 0. The maximum Gasteiger partial charge on any atom is 0.296 e. The van der Waals surface area contributed by atoms with Crippen molar-refractivity contribution in [2.45, 2.75) is 22.8 Å². The van der Waals surface area contributed by atoms with E-state index in [0.717, 1.165) is 18.2 Å². The fourth-order valence-corrected chi connectivity index (χ4v) is 4.73. The van der Waals surface area contributed by atoms with Crippen LogP contribution in [0.1, 0.15) is 6.92 Å². The molecule has 11 nitrogen and oxygen atoms in total. The number of hydrogen-bond donors (Lipinski definition) is 2. The minimum absolute atomic E-state index is 0.147. The Morgan fingerprint density at radius 3 is 2.12 bits per heavy atom. The molecule has 0 saturated heterocycles. The molecule has 0 radical (unpaired) electrons. The molecule has 3 rings (SSSR count). The first kappa shape index (κ1) is 24.5. The van der Waals surface area contributed by atoms with Crippen molar-refractivity contribution in [1.82, 2.24) is 0 Å². The van der Waals surface area contributed by atoms with Gasteiger partial charge in [-0.2, -0.15) is 37.2 Å². The first-order valence-corrected chi connectivity index (χ1v) is 12.3. The highest BCUT2D eigenvalue weighted by molar-refractivity contribution is 7.86. The number of hydrazone groups is 1. The SMILES string of the molecule is CC1=NN(c2c(Cl)c(Cl)cc(S(=O)(=O)O)c2Cl)C(=O)C1N=Nc1ccc(S(=O)(=O)O)cc1. The van der Waals surface area contributed by atoms with Gasteiger partial charge < -0.3 is 0 Å². The van der Waals surface area contributed by atoms with Gasteiger partial charge in [0.05, 0.1) is 31.4 Å². The van der Waals surface area contributed by atoms with Crippen molar-refractivity contribution in [2.75, 3.05) is 5.01 Å². The van der Waals surface area contributed by atoms with Crippen molar-refractivity contribution in [2.24, 2.45) is 15.3 Å². The number of benzene rings is 2. The molecule has 1 aliphatic heterocycles. The fraction of sp³-hybridized carbons (Fsp3) is 0.125. The van der Waals surface area contributed by atoms with E-state index >= 15 is 0 Å². The molecule has 2 N–H and O–H groups in total. The predicted molar refractivity (Wildman–Crippen MR) is 116 cm³/mol. The number of amides is 1. The van der Waals surface area contributed by atoms with Gasteiger partial charge in [-0.3, -0.25) is 13.9 Å². The summed E-state index contributed by atoms with van der Waals surface area (Å²) < 4.78 is 63.7. The van der Waals surface area contributed by atoms with E-state index in [1.807, 2.05) is 0 Å². The van der Waals surface area contributed by atoms with Crippen molar-refractivity contribution in [3.63, 3.8) is 0 Å². The number of azo groups is 1. The molecule has 1 heterocycles. The Balaban J connectivity index is 1.96. The van der Waals surface area contributed by atoms with E-state index in [1.165, 1.54) is 19.1 Å². The van der Waals surface area contributed by atoms with Gasteiger partial charge >= 0.3 is 0 Å². The number of carbonyl (C=O) groups is 1. The van der Waals surface area contributed by atoms with Crippen molar-refractivity contribution in [3.8, 4) is 0 Å². The summed E-state index contributed by atoms with van der Waals surface area (Å²) in [6.45, 7) is 1.44. The topological polar surface area (TPSA) is 166 Å². The van der Waals surface area contributed by atoms with Gasteiger partial charge in [0.15, 0.2) is 6.04 Å². The molecule has 1 amide bonds. The molecule has 2 aromatic rings. The Bertz CT molecular complexity index is 1390. The zero-order chi connectivity index (χ0) is 24.0. The molecule has 0 aliphatic carbocycles. The molecule has 1 unspecified atom stereocenters. The average Bonchev–Trinajstić information content (AvgIpc) is 2.95. The average molecular weight is 542 g/mol. The first-order valence-electron chi connectivity index (χ1n) is 8.24. The van der Waals surface area contributed by atoms with Crippen LogP contribution in [0.2, 0.25) is 15.1 Å². The molecular weight excluding hydrogens is 531 g/mol. The van der Waals surface area contributed by atoms with Crippen LogP contribution in [0.5, 0.6) is 0 Å². The van der Waals surface area contributed by atoms with Crippen LogP contribution in [-0.4, -0.2) is 43.6 Å². The molecule has 170 valence electrons. The molecule has 1 aliphatic rings. The third kappa shape index (κ3) is 4.78. The maximum absolute atomic E-state index is 12.9. The van der Waals surface area contributed by atoms with E-state index in [9.17, 15) is 26.2 Å². The Morgan fingerprint density at radius 1 is 1.00 bits per heavy atom. The Kier molecular flexibility index (Phi) is 6.64. The Labute approximate surface area is 196 Å². The molecule has 1 atom stereocenters. The lowest BCUT2D eigenvalue weighted by atomic mass is 10.2. The molecule has 0 spiro atoms.